The first-order valence-electron chi connectivity index (χ1n) is 5.43. The molecule has 0 aliphatic heterocycles. The van der Waals surface area contributed by atoms with Crippen LogP contribution in [0.2, 0.25) is 0 Å². The lowest BCUT2D eigenvalue weighted by Crippen LogP contribution is -2.51. The zero-order valence-corrected chi connectivity index (χ0v) is 12.6. The van der Waals surface area contributed by atoms with Gasteiger partial charge < -0.3 is 11.1 Å². The van der Waals surface area contributed by atoms with E-state index in [1.165, 1.54) is 11.3 Å². The van der Waals surface area contributed by atoms with Gasteiger partial charge in [-0.1, -0.05) is 12.8 Å². The highest BCUT2D eigenvalue weighted by Crippen LogP contribution is 2.30. The van der Waals surface area contributed by atoms with Crippen molar-refractivity contribution in [2.45, 2.75) is 31.2 Å². The molecule has 0 spiro atoms. The molecule has 0 unspecified atom stereocenters. The molecule has 17 heavy (non-hydrogen) atoms. The summed E-state index contributed by atoms with van der Waals surface area (Å²) in [6, 6.07) is 3.73. The highest BCUT2D eigenvalue weighted by molar-refractivity contribution is 9.11. The van der Waals surface area contributed by atoms with Crippen LogP contribution in [-0.4, -0.2) is 18.0 Å². The first kappa shape index (κ1) is 15.0. The van der Waals surface area contributed by atoms with Crippen molar-refractivity contribution in [2.75, 3.05) is 6.54 Å². The second-order valence-corrected chi connectivity index (χ2v) is 6.71. The van der Waals surface area contributed by atoms with Gasteiger partial charge in [0, 0.05) is 6.54 Å². The number of carbonyl (C=O) groups excluding carboxylic acids is 1. The summed E-state index contributed by atoms with van der Waals surface area (Å²) in [6.07, 6.45) is 4.32. The van der Waals surface area contributed by atoms with Crippen molar-refractivity contribution in [1.82, 2.24) is 5.32 Å². The molecule has 0 atom stereocenters. The Hall–Kier alpha value is -0.100. The Bertz CT molecular complexity index is 391. The Kier molecular flexibility index (Phi) is 5.44. The molecular formula is C11H16BrClN2OS. The van der Waals surface area contributed by atoms with E-state index in [1.807, 2.05) is 12.1 Å². The van der Waals surface area contributed by atoms with Crippen molar-refractivity contribution < 1.29 is 4.79 Å². The predicted molar refractivity (Wildman–Crippen MR) is 77.0 cm³/mol. The maximum Gasteiger partial charge on any atom is 0.261 e. The van der Waals surface area contributed by atoms with E-state index >= 15 is 0 Å². The smallest absolute Gasteiger partial charge is 0.261 e. The number of hydrogen-bond acceptors (Lipinski definition) is 3. The van der Waals surface area contributed by atoms with E-state index in [0.29, 0.717) is 6.54 Å². The molecule has 1 aromatic rings. The molecule has 1 heterocycles. The topological polar surface area (TPSA) is 55.1 Å². The van der Waals surface area contributed by atoms with Gasteiger partial charge in [-0.2, -0.15) is 0 Å². The first-order chi connectivity index (χ1) is 7.65. The number of amides is 1. The third kappa shape index (κ3) is 3.44. The minimum atomic E-state index is -0.159. The summed E-state index contributed by atoms with van der Waals surface area (Å²) in [4.78, 5) is 12.7. The van der Waals surface area contributed by atoms with Crippen molar-refractivity contribution in [2.24, 2.45) is 5.73 Å². The van der Waals surface area contributed by atoms with Gasteiger partial charge in [-0.25, -0.2) is 0 Å². The van der Waals surface area contributed by atoms with E-state index in [2.05, 4.69) is 21.2 Å². The summed E-state index contributed by atoms with van der Waals surface area (Å²) in [5.74, 6) is 0.00282. The van der Waals surface area contributed by atoms with E-state index in [1.54, 1.807) is 0 Å². The maximum absolute atomic E-state index is 12.0. The van der Waals surface area contributed by atoms with Gasteiger partial charge in [0.15, 0.2) is 0 Å². The highest BCUT2D eigenvalue weighted by atomic mass is 79.9. The molecule has 0 radical (unpaired) electrons. The van der Waals surface area contributed by atoms with Crippen LogP contribution in [-0.2, 0) is 0 Å². The monoisotopic (exact) mass is 338 g/mol. The van der Waals surface area contributed by atoms with E-state index in [-0.39, 0.29) is 23.9 Å². The van der Waals surface area contributed by atoms with Crippen LogP contribution in [0.1, 0.15) is 35.4 Å². The largest absolute Gasteiger partial charge is 0.345 e. The van der Waals surface area contributed by atoms with Crippen LogP contribution in [0.15, 0.2) is 15.9 Å². The summed E-state index contributed by atoms with van der Waals surface area (Å²) < 4.78 is 0.978. The van der Waals surface area contributed by atoms with Crippen molar-refractivity contribution in [3.63, 3.8) is 0 Å². The molecule has 0 aromatic carbocycles. The number of thiophene rings is 1. The van der Waals surface area contributed by atoms with Crippen LogP contribution in [0.25, 0.3) is 0 Å². The average Bonchev–Trinajstić information content (AvgIpc) is 2.88. The molecule has 1 aliphatic rings. The SMILES string of the molecule is Cl.NCC1(NC(=O)c2ccc(Br)s2)CCCC1. The minimum Gasteiger partial charge on any atom is -0.345 e. The van der Waals surface area contributed by atoms with Crippen molar-refractivity contribution in [3.05, 3.63) is 20.8 Å². The van der Waals surface area contributed by atoms with Crippen molar-refractivity contribution in [1.29, 1.82) is 0 Å². The van der Waals surface area contributed by atoms with E-state index in [4.69, 9.17) is 5.73 Å². The molecule has 1 aliphatic carbocycles. The molecule has 3 nitrogen and oxygen atoms in total. The number of rotatable bonds is 3. The molecule has 96 valence electrons. The molecule has 1 amide bonds. The minimum absolute atomic E-state index is 0. The van der Waals surface area contributed by atoms with Gasteiger partial charge in [-0.3, -0.25) is 4.79 Å². The molecule has 0 saturated heterocycles. The Morgan fingerprint density at radius 3 is 2.59 bits per heavy atom. The number of nitrogens with two attached hydrogens (primary N) is 1. The second-order valence-electron chi connectivity index (χ2n) is 4.25. The quantitative estimate of drug-likeness (QED) is 0.889. The number of hydrogen-bond donors (Lipinski definition) is 2. The van der Waals surface area contributed by atoms with Gasteiger partial charge in [0.05, 0.1) is 14.2 Å². The Morgan fingerprint density at radius 1 is 1.47 bits per heavy atom. The lowest BCUT2D eigenvalue weighted by molar-refractivity contribution is 0.0907. The normalized spacial score (nSPS) is 17.5. The van der Waals surface area contributed by atoms with Gasteiger partial charge in [-0.05, 0) is 40.9 Å². The van der Waals surface area contributed by atoms with E-state index < -0.39 is 0 Å². The van der Waals surface area contributed by atoms with Gasteiger partial charge in [-0.15, -0.1) is 23.7 Å². The summed E-state index contributed by atoms with van der Waals surface area (Å²) in [5, 5.41) is 3.10. The van der Waals surface area contributed by atoms with Crippen LogP contribution in [0, 0.1) is 0 Å². The summed E-state index contributed by atoms with van der Waals surface area (Å²) in [6.45, 7) is 0.533. The number of carbonyl (C=O) groups is 1. The van der Waals surface area contributed by atoms with Crippen LogP contribution in [0.5, 0.6) is 0 Å². The summed E-state index contributed by atoms with van der Waals surface area (Å²) in [7, 11) is 0. The highest BCUT2D eigenvalue weighted by Gasteiger charge is 2.34. The van der Waals surface area contributed by atoms with Gasteiger partial charge >= 0.3 is 0 Å². The van der Waals surface area contributed by atoms with Crippen LogP contribution >= 0.6 is 39.7 Å². The third-order valence-corrected chi connectivity index (χ3v) is 4.75. The molecule has 1 aromatic heterocycles. The fourth-order valence-electron chi connectivity index (χ4n) is 2.17. The Morgan fingerprint density at radius 2 is 2.12 bits per heavy atom. The van der Waals surface area contributed by atoms with Crippen molar-refractivity contribution in [3.8, 4) is 0 Å². The molecule has 1 fully saturated rings. The third-order valence-electron chi connectivity index (χ3n) is 3.13. The summed E-state index contributed by atoms with van der Waals surface area (Å²) in [5.41, 5.74) is 5.62. The molecule has 1 saturated carbocycles. The lowest BCUT2D eigenvalue weighted by atomic mass is 9.98. The van der Waals surface area contributed by atoms with E-state index in [0.717, 1.165) is 34.3 Å². The Labute approximate surface area is 120 Å². The van der Waals surface area contributed by atoms with Gasteiger partial charge in [0.25, 0.3) is 5.91 Å². The zero-order chi connectivity index (χ0) is 11.6. The Balaban J connectivity index is 0.00000144. The number of nitrogens with one attached hydrogen (secondary N) is 1. The molecular weight excluding hydrogens is 324 g/mol. The van der Waals surface area contributed by atoms with E-state index in [9.17, 15) is 4.79 Å². The predicted octanol–water partition coefficient (Wildman–Crippen LogP) is 2.93. The fraction of sp³-hybridized carbons (Fsp3) is 0.545. The first-order valence-corrected chi connectivity index (χ1v) is 7.04. The second kappa shape index (κ2) is 6.18. The van der Waals surface area contributed by atoms with Crippen molar-refractivity contribution >= 4 is 45.6 Å². The average molecular weight is 340 g/mol. The van der Waals surface area contributed by atoms with Crippen LogP contribution in [0.3, 0.4) is 0 Å². The number of halogens is 2. The van der Waals surface area contributed by atoms with Gasteiger partial charge in [0.1, 0.15) is 0 Å². The maximum atomic E-state index is 12.0. The molecule has 0 bridgehead atoms. The van der Waals surface area contributed by atoms with Crippen LogP contribution < -0.4 is 11.1 Å². The fourth-order valence-corrected chi connectivity index (χ4v) is 3.45. The summed E-state index contributed by atoms with van der Waals surface area (Å²) >= 11 is 4.81. The van der Waals surface area contributed by atoms with Gasteiger partial charge in [0.2, 0.25) is 0 Å². The standard InChI is InChI=1S/C11H15BrN2OS.ClH/c12-9-4-3-8(16-9)10(15)14-11(7-13)5-1-2-6-11;/h3-4H,1-2,5-7,13H2,(H,14,15);1H. The zero-order valence-electron chi connectivity index (χ0n) is 9.37. The lowest BCUT2D eigenvalue weighted by Gasteiger charge is -2.28. The molecule has 6 heteroatoms. The van der Waals surface area contributed by atoms with Crippen LogP contribution in [0.4, 0.5) is 0 Å². The molecule has 2 rings (SSSR count). The molecule has 3 N–H and O–H groups in total.